The van der Waals surface area contributed by atoms with Crippen molar-refractivity contribution in [2.45, 2.75) is 6.92 Å². The average Bonchev–Trinajstić information content (AvgIpc) is 2.79. The molecule has 0 fully saturated rings. The summed E-state index contributed by atoms with van der Waals surface area (Å²) < 4.78 is 1.17. The fraction of sp³-hybridized carbons (Fsp3) is 0.0714. The molecule has 0 atom stereocenters. The maximum atomic E-state index is 12.2. The van der Waals surface area contributed by atoms with Crippen LogP contribution in [-0.2, 0) is 0 Å². The number of aromatic amines is 1. The van der Waals surface area contributed by atoms with Crippen LogP contribution in [0.25, 0.3) is 16.8 Å². The normalized spacial score (nSPS) is 11.0. The van der Waals surface area contributed by atoms with Gasteiger partial charge in [0.2, 0.25) is 0 Å². The first kappa shape index (κ1) is 14.6. The molecular formula is C14H9Cl2N3O3. The van der Waals surface area contributed by atoms with Crippen LogP contribution >= 0.6 is 23.2 Å². The Morgan fingerprint density at radius 2 is 2.09 bits per heavy atom. The molecule has 2 heterocycles. The molecule has 8 heteroatoms. The summed E-state index contributed by atoms with van der Waals surface area (Å²) >= 11 is 11.9. The number of nitrogens with zero attached hydrogens (tertiary/aromatic N) is 2. The number of carboxylic acids is 1. The summed E-state index contributed by atoms with van der Waals surface area (Å²) in [6.07, 6.45) is 1.51. The summed E-state index contributed by atoms with van der Waals surface area (Å²) in [4.78, 5) is 25.9. The molecule has 3 rings (SSSR count). The molecule has 2 aromatic heterocycles. The number of rotatable bonds is 2. The molecule has 0 bridgehead atoms. The lowest BCUT2D eigenvalue weighted by Gasteiger charge is -2.05. The number of aromatic nitrogens is 3. The van der Waals surface area contributed by atoms with Gasteiger partial charge in [0, 0.05) is 5.02 Å². The summed E-state index contributed by atoms with van der Waals surface area (Å²) in [5.74, 6) is -1.29. The third-order valence-electron chi connectivity index (χ3n) is 3.24. The van der Waals surface area contributed by atoms with Crippen molar-refractivity contribution in [3.05, 3.63) is 56.1 Å². The van der Waals surface area contributed by atoms with Crippen molar-refractivity contribution in [1.82, 2.24) is 14.6 Å². The maximum Gasteiger partial charge on any atom is 0.358 e. The van der Waals surface area contributed by atoms with Crippen molar-refractivity contribution in [3.63, 3.8) is 0 Å². The van der Waals surface area contributed by atoms with E-state index < -0.39 is 11.5 Å². The van der Waals surface area contributed by atoms with Crippen molar-refractivity contribution in [3.8, 4) is 11.3 Å². The van der Waals surface area contributed by atoms with Gasteiger partial charge in [-0.25, -0.2) is 9.31 Å². The van der Waals surface area contributed by atoms with E-state index in [0.29, 0.717) is 10.7 Å². The van der Waals surface area contributed by atoms with Crippen LogP contribution in [0.5, 0.6) is 0 Å². The number of carboxylic acid groups (broad SMARTS) is 1. The second-order valence-corrected chi connectivity index (χ2v) is 5.51. The van der Waals surface area contributed by atoms with Crippen molar-refractivity contribution >= 4 is 34.7 Å². The van der Waals surface area contributed by atoms with Crippen LogP contribution in [0.3, 0.4) is 0 Å². The Bertz CT molecular complexity index is 975. The molecule has 22 heavy (non-hydrogen) atoms. The van der Waals surface area contributed by atoms with E-state index in [-0.39, 0.29) is 16.2 Å². The standard InChI is InChI=1S/C14H9Cl2N3O3/c1-6-4-7(2-3-8(6)15)9-5-19-12(13(20)17-9)10(16)11(18-19)14(21)22/h2-5H,1H3,(H,17,20)(H,21,22). The molecule has 2 N–H and O–H groups in total. The van der Waals surface area contributed by atoms with Gasteiger partial charge in [0.05, 0.1) is 11.9 Å². The van der Waals surface area contributed by atoms with Crippen LogP contribution in [0, 0.1) is 6.92 Å². The van der Waals surface area contributed by atoms with Crippen LogP contribution in [0.2, 0.25) is 10.0 Å². The molecule has 0 amide bonds. The van der Waals surface area contributed by atoms with Crippen LogP contribution in [-0.4, -0.2) is 25.7 Å². The van der Waals surface area contributed by atoms with Gasteiger partial charge in [0.15, 0.2) is 11.2 Å². The van der Waals surface area contributed by atoms with Gasteiger partial charge in [-0.1, -0.05) is 29.3 Å². The first-order valence-electron chi connectivity index (χ1n) is 6.19. The molecular weight excluding hydrogens is 329 g/mol. The van der Waals surface area contributed by atoms with E-state index in [9.17, 15) is 9.59 Å². The predicted molar refractivity (Wildman–Crippen MR) is 83.0 cm³/mol. The predicted octanol–water partition coefficient (Wildman–Crippen LogP) is 3.00. The van der Waals surface area contributed by atoms with E-state index in [2.05, 4.69) is 10.1 Å². The second-order valence-electron chi connectivity index (χ2n) is 4.72. The summed E-state index contributed by atoms with van der Waals surface area (Å²) in [6.45, 7) is 1.84. The van der Waals surface area contributed by atoms with E-state index in [1.807, 2.05) is 13.0 Å². The highest BCUT2D eigenvalue weighted by molar-refractivity contribution is 6.36. The number of aromatic carboxylic acids is 1. The number of fused-ring (bicyclic) bond motifs is 1. The van der Waals surface area contributed by atoms with Crippen LogP contribution in [0.15, 0.2) is 29.2 Å². The Balaban J connectivity index is 2.27. The molecule has 0 saturated carbocycles. The third-order valence-corrected chi connectivity index (χ3v) is 4.02. The minimum atomic E-state index is -1.29. The fourth-order valence-corrected chi connectivity index (χ4v) is 2.55. The van der Waals surface area contributed by atoms with E-state index >= 15 is 0 Å². The van der Waals surface area contributed by atoms with Gasteiger partial charge in [0.25, 0.3) is 5.56 Å². The quantitative estimate of drug-likeness (QED) is 0.752. The van der Waals surface area contributed by atoms with E-state index in [4.69, 9.17) is 28.3 Å². The Hall–Kier alpha value is -2.31. The monoisotopic (exact) mass is 337 g/mol. The summed E-state index contributed by atoms with van der Waals surface area (Å²) in [5.41, 5.74) is 1.17. The number of nitrogens with one attached hydrogen (secondary N) is 1. The maximum absolute atomic E-state index is 12.2. The second kappa shape index (κ2) is 5.15. The minimum Gasteiger partial charge on any atom is -0.476 e. The lowest BCUT2D eigenvalue weighted by Crippen LogP contribution is -2.11. The van der Waals surface area contributed by atoms with Gasteiger partial charge < -0.3 is 10.1 Å². The zero-order valence-electron chi connectivity index (χ0n) is 11.2. The third kappa shape index (κ3) is 2.26. The molecule has 6 nitrogen and oxygen atoms in total. The van der Waals surface area contributed by atoms with Crippen molar-refractivity contribution in [1.29, 1.82) is 0 Å². The summed E-state index contributed by atoms with van der Waals surface area (Å²) in [7, 11) is 0. The van der Waals surface area contributed by atoms with E-state index in [1.165, 1.54) is 10.7 Å². The summed E-state index contributed by atoms with van der Waals surface area (Å²) in [5, 5.41) is 13.3. The van der Waals surface area contributed by atoms with Gasteiger partial charge in [0.1, 0.15) is 5.02 Å². The van der Waals surface area contributed by atoms with Gasteiger partial charge in [-0.2, -0.15) is 5.10 Å². The van der Waals surface area contributed by atoms with Crippen molar-refractivity contribution in [2.75, 3.05) is 0 Å². The Labute approximate surface area is 133 Å². The van der Waals surface area contributed by atoms with Gasteiger partial charge in [-0.3, -0.25) is 4.79 Å². The molecule has 0 unspecified atom stereocenters. The SMILES string of the molecule is Cc1cc(-c2cn3nc(C(=O)O)c(Cl)c3c(=O)[nH]2)ccc1Cl. The molecule has 0 saturated heterocycles. The largest absolute Gasteiger partial charge is 0.476 e. The molecule has 0 aliphatic carbocycles. The topological polar surface area (TPSA) is 87.5 Å². The van der Waals surface area contributed by atoms with Crippen molar-refractivity contribution in [2.24, 2.45) is 0 Å². The number of benzene rings is 1. The van der Waals surface area contributed by atoms with Crippen LogP contribution in [0.1, 0.15) is 16.1 Å². The molecule has 0 spiro atoms. The first-order valence-corrected chi connectivity index (χ1v) is 6.95. The zero-order valence-corrected chi connectivity index (χ0v) is 12.7. The zero-order chi connectivity index (χ0) is 16.0. The Kier molecular flexibility index (Phi) is 3.42. The molecule has 0 aliphatic rings. The van der Waals surface area contributed by atoms with Gasteiger partial charge in [-0.15, -0.1) is 0 Å². The Morgan fingerprint density at radius 1 is 1.36 bits per heavy atom. The Morgan fingerprint density at radius 3 is 2.73 bits per heavy atom. The van der Waals surface area contributed by atoms with Crippen LogP contribution in [0.4, 0.5) is 0 Å². The minimum absolute atomic E-state index is 0.00602. The van der Waals surface area contributed by atoms with Crippen LogP contribution < -0.4 is 5.56 Å². The fourth-order valence-electron chi connectivity index (χ4n) is 2.14. The first-order chi connectivity index (χ1) is 10.4. The van der Waals surface area contributed by atoms with Crippen molar-refractivity contribution < 1.29 is 9.90 Å². The van der Waals surface area contributed by atoms with E-state index in [0.717, 1.165) is 11.1 Å². The lowest BCUT2D eigenvalue weighted by atomic mass is 10.1. The number of halogens is 2. The summed E-state index contributed by atoms with van der Waals surface area (Å²) in [6, 6.07) is 5.27. The van der Waals surface area contributed by atoms with Gasteiger partial charge in [-0.05, 0) is 30.2 Å². The molecule has 1 aromatic carbocycles. The number of hydrogen-bond acceptors (Lipinski definition) is 3. The highest BCUT2D eigenvalue weighted by Gasteiger charge is 2.20. The molecule has 3 aromatic rings. The van der Waals surface area contributed by atoms with Gasteiger partial charge >= 0.3 is 5.97 Å². The number of hydrogen-bond donors (Lipinski definition) is 2. The smallest absolute Gasteiger partial charge is 0.358 e. The number of H-pyrrole nitrogens is 1. The lowest BCUT2D eigenvalue weighted by molar-refractivity contribution is 0.0690. The number of aryl methyl sites for hydroxylation is 1. The molecule has 0 radical (unpaired) electrons. The molecule has 112 valence electrons. The highest BCUT2D eigenvalue weighted by atomic mass is 35.5. The molecule has 0 aliphatic heterocycles. The highest BCUT2D eigenvalue weighted by Crippen LogP contribution is 2.24. The number of carbonyl (C=O) groups is 1. The average molecular weight is 338 g/mol. The van der Waals surface area contributed by atoms with E-state index in [1.54, 1.807) is 12.1 Å².